The Balaban J connectivity index is 2.09. The van der Waals surface area contributed by atoms with Crippen molar-refractivity contribution >= 4 is 12.0 Å². The zero-order chi connectivity index (χ0) is 12.7. The van der Waals surface area contributed by atoms with E-state index in [1.54, 1.807) is 0 Å². The van der Waals surface area contributed by atoms with Gasteiger partial charge in [0, 0.05) is 13.1 Å². The van der Waals surface area contributed by atoms with E-state index in [9.17, 15) is 9.59 Å². The molecule has 1 atom stereocenters. The highest BCUT2D eigenvalue weighted by Crippen LogP contribution is 2.07. The molecule has 0 unspecified atom stereocenters. The van der Waals surface area contributed by atoms with Crippen LogP contribution in [0.1, 0.15) is 26.2 Å². The molecular weight excluding hydrogens is 222 g/mol. The minimum Gasteiger partial charge on any atom is -0.480 e. The summed E-state index contributed by atoms with van der Waals surface area (Å²) in [5.74, 6) is -1.03. The Labute approximate surface area is 101 Å². The van der Waals surface area contributed by atoms with Crippen LogP contribution in [0.15, 0.2) is 0 Å². The molecule has 98 valence electrons. The molecular formula is C11H21N3O3. The van der Waals surface area contributed by atoms with E-state index in [0.717, 1.165) is 19.6 Å². The third kappa shape index (κ3) is 5.53. The summed E-state index contributed by atoms with van der Waals surface area (Å²) >= 11 is 0. The van der Waals surface area contributed by atoms with E-state index < -0.39 is 18.0 Å². The number of carboxylic acid groups (broad SMARTS) is 1. The van der Waals surface area contributed by atoms with Crippen molar-refractivity contribution in [3.63, 3.8) is 0 Å². The van der Waals surface area contributed by atoms with Crippen molar-refractivity contribution in [1.29, 1.82) is 0 Å². The number of piperidine rings is 1. The molecule has 0 bridgehead atoms. The number of likely N-dealkylation sites (tertiary alicyclic amines) is 1. The molecule has 1 fully saturated rings. The number of urea groups is 1. The van der Waals surface area contributed by atoms with Gasteiger partial charge in [-0.05, 0) is 32.9 Å². The maximum Gasteiger partial charge on any atom is 0.325 e. The fraction of sp³-hybridized carbons (Fsp3) is 0.818. The number of rotatable bonds is 5. The maximum absolute atomic E-state index is 11.3. The molecule has 0 aromatic rings. The number of aliphatic carboxylic acids is 1. The second kappa shape index (κ2) is 7.11. The largest absolute Gasteiger partial charge is 0.480 e. The summed E-state index contributed by atoms with van der Waals surface area (Å²) in [5.41, 5.74) is 0. The van der Waals surface area contributed by atoms with Gasteiger partial charge in [-0.25, -0.2) is 4.79 Å². The van der Waals surface area contributed by atoms with Gasteiger partial charge >= 0.3 is 12.0 Å². The first-order valence-corrected chi connectivity index (χ1v) is 6.09. The normalized spacial score (nSPS) is 18.4. The van der Waals surface area contributed by atoms with Crippen molar-refractivity contribution < 1.29 is 14.7 Å². The van der Waals surface area contributed by atoms with E-state index in [0.29, 0.717) is 6.54 Å². The SMILES string of the molecule is C[C@@H](NC(=O)NCCN1CCCCC1)C(=O)O. The molecule has 0 aromatic carbocycles. The molecule has 0 saturated carbocycles. The summed E-state index contributed by atoms with van der Waals surface area (Å²) in [4.78, 5) is 24.1. The van der Waals surface area contributed by atoms with Crippen molar-refractivity contribution in [3.8, 4) is 0 Å². The zero-order valence-corrected chi connectivity index (χ0v) is 10.2. The van der Waals surface area contributed by atoms with Crippen LogP contribution < -0.4 is 10.6 Å². The number of nitrogens with one attached hydrogen (secondary N) is 2. The smallest absolute Gasteiger partial charge is 0.325 e. The summed E-state index contributed by atoms with van der Waals surface area (Å²) in [6, 6.07) is -1.28. The van der Waals surface area contributed by atoms with Crippen LogP contribution in [0.25, 0.3) is 0 Å². The Bertz CT molecular complexity index is 265. The first kappa shape index (κ1) is 13.8. The number of hydrogen-bond acceptors (Lipinski definition) is 3. The number of hydrogen-bond donors (Lipinski definition) is 3. The predicted molar refractivity (Wildman–Crippen MR) is 63.9 cm³/mol. The fourth-order valence-corrected chi connectivity index (χ4v) is 1.82. The molecule has 3 N–H and O–H groups in total. The molecule has 6 heteroatoms. The van der Waals surface area contributed by atoms with Crippen LogP contribution in [-0.2, 0) is 4.79 Å². The van der Waals surface area contributed by atoms with Crippen LogP contribution in [0, 0.1) is 0 Å². The Morgan fingerprint density at radius 3 is 2.53 bits per heavy atom. The molecule has 0 aromatic heterocycles. The van der Waals surface area contributed by atoms with Crippen LogP contribution in [0.4, 0.5) is 4.79 Å². The highest BCUT2D eigenvalue weighted by atomic mass is 16.4. The summed E-state index contributed by atoms with van der Waals surface area (Å²) in [5, 5.41) is 13.6. The minimum atomic E-state index is -1.03. The molecule has 0 radical (unpaired) electrons. The van der Waals surface area contributed by atoms with Crippen LogP contribution >= 0.6 is 0 Å². The number of carboxylic acids is 1. The van der Waals surface area contributed by atoms with Gasteiger partial charge in [-0.15, -0.1) is 0 Å². The minimum absolute atomic E-state index is 0.420. The number of carbonyl (C=O) groups excluding carboxylic acids is 1. The highest BCUT2D eigenvalue weighted by Gasteiger charge is 2.14. The first-order valence-electron chi connectivity index (χ1n) is 6.09. The molecule has 2 amide bonds. The molecule has 17 heavy (non-hydrogen) atoms. The van der Waals surface area contributed by atoms with E-state index in [1.165, 1.54) is 26.2 Å². The maximum atomic E-state index is 11.3. The van der Waals surface area contributed by atoms with Crippen LogP contribution in [0.2, 0.25) is 0 Å². The Hall–Kier alpha value is -1.30. The fourth-order valence-electron chi connectivity index (χ4n) is 1.82. The summed E-state index contributed by atoms with van der Waals surface area (Å²) < 4.78 is 0. The predicted octanol–water partition coefficient (Wildman–Crippen LogP) is 0.245. The average molecular weight is 243 g/mol. The lowest BCUT2D eigenvalue weighted by atomic mass is 10.1. The molecule has 0 aliphatic carbocycles. The molecule has 6 nitrogen and oxygen atoms in total. The quantitative estimate of drug-likeness (QED) is 0.646. The number of carbonyl (C=O) groups is 2. The Kier molecular flexibility index (Phi) is 5.76. The monoisotopic (exact) mass is 243 g/mol. The number of nitrogens with zero attached hydrogens (tertiary/aromatic N) is 1. The van der Waals surface area contributed by atoms with Crippen molar-refractivity contribution in [2.75, 3.05) is 26.2 Å². The van der Waals surface area contributed by atoms with Gasteiger partial charge in [0.15, 0.2) is 0 Å². The van der Waals surface area contributed by atoms with E-state index in [2.05, 4.69) is 15.5 Å². The molecule has 1 heterocycles. The first-order chi connectivity index (χ1) is 8.09. The van der Waals surface area contributed by atoms with Crippen molar-refractivity contribution in [1.82, 2.24) is 15.5 Å². The Morgan fingerprint density at radius 1 is 1.29 bits per heavy atom. The lowest BCUT2D eigenvalue weighted by molar-refractivity contribution is -0.138. The van der Waals surface area contributed by atoms with Gasteiger partial charge in [0.25, 0.3) is 0 Å². The zero-order valence-electron chi connectivity index (χ0n) is 10.2. The highest BCUT2D eigenvalue weighted by molar-refractivity contribution is 5.82. The van der Waals surface area contributed by atoms with Gasteiger partial charge in [0.1, 0.15) is 6.04 Å². The summed E-state index contributed by atoms with van der Waals surface area (Å²) in [7, 11) is 0. The molecule has 1 saturated heterocycles. The van der Waals surface area contributed by atoms with E-state index in [1.807, 2.05) is 0 Å². The third-order valence-electron chi connectivity index (χ3n) is 2.88. The standard InChI is InChI=1S/C11H21N3O3/c1-9(10(15)16)13-11(17)12-5-8-14-6-3-2-4-7-14/h9H,2-8H2,1H3,(H,15,16)(H2,12,13,17)/t9-/m1/s1. The van der Waals surface area contributed by atoms with Gasteiger partial charge in [-0.2, -0.15) is 0 Å². The second-order valence-electron chi connectivity index (χ2n) is 4.36. The van der Waals surface area contributed by atoms with E-state index >= 15 is 0 Å². The Morgan fingerprint density at radius 2 is 1.94 bits per heavy atom. The molecule has 1 aliphatic rings. The van der Waals surface area contributed by atoms with Crippen molar-refractivity contribution in [2.45, 2.75) is 32.2 Å². The van der Waals surface area contributed by atoms with Crippen LogP contribution in [-0.4, -0.2) is 54.2 Å². The topological polar surface area (TPSA) is 81.7 Å². The van der Waals surface area contributed by atoms with Crippen LogP contribution in [0.5, 0.6) is 0 Å². The molecule has 1 rings (SSSR count). The molecule has 1 aliphatic heterocycles. The van der Waals surface area contributed by atoms with Crippen LogP contribution in [0.3, 0.4) is 0 Å². The lowest BCUT2D eigenvalue weighted by Gasteiger charge is -2.26. The lowest BCUT2D eigenvalue weighted by Crippen LogP contribution is -2.46. The van der Waals surface area contributed by atoms with Gasteiger partial charge in [0.2, 0.25) is 0 Å². The summed E-state index contributed by atoms with van der Waals surface area (Å²) in [6.45, 7) is 5.00. The van der Waals surface area contributed by atoms with E-state index in [-0.39, 0.29) is 0 Å². The molecule has 0 spiro atoms. The second-order valence-corrected chi connectivity index (χ2v) is 4.36. The van der Waals surface area contributed by atoms with Gasteiger partial charge in [-0.3, -0.25) is 4.79 Å². The van der Waals surface area contributed by atoms with Crippen molar-refractivity contribution in [2.24, 2.45) is 0 Å². The average Bonchev–Trinajstić information content (AvgIpc) is 2.30. The van der Waals surface area contributed by atoms with Gasteiger partial charge in [0.05, 0.1) is 0 Å². The number of amides is 2. The van der Waals surface area contributed by atoms with Gasteiger partial charge < -0.3 is 20.6 Å². The van der Waals surface area contributed by atoms with E-state index in [4.69, 9.17) is 5.11 Å². The van der Waals surface area contributed by atoms with Crippen molar-refractivity contribution in [3.05, 3.63) is 0 Å². The van der Waals surface area contributed by atoms with Gasteiger partial charge in [-0.1, -0.05) is 6.42 Å². The third-order valence-corrected chi connectivity index (χ3v) is 2.88. The summed E-state index contributed by atoms with van der Waals surface area (Å²) in [6.07, 6.45) is 3.74.